The van der Waals surface area contributed by atoms with Gasteiger partial charge in [0.05, 0.1) is 75.5 Å². The van der Waals surface area contributed by atoms with E-state index in [9.17, 15) is 15.0 Å². The minimum atomic E-state index is -0.760. The van der Waals surface area contributed by atoms with Crippen LogP contribution in [-0.2, 0) is 24.1 Å². The van der Waals surface area contributed by atoms with Crippen LogP contribution >= 0.6 is 91.5 Å². The Kier molecular flexibility index (Phi) is 30.4. The minimum Gasteiger partial charge on any atom is -0.497 e. The number of carbonyl (C=O) groups is 1. The SMILES string of the molecule is CC(=O)Cc1cc(-c2cc(C(c3ccc(Cl)cc3)N(C)C)c(-c3ncc[nH]3)s2)ccn1.COc1ccc(C(O)c2cc(-c3ccncc3)sc2-c2ncc[nH]2)cc1.O[C@@H](c1ccc(Cl)cc1)c1cc(-c2ccncc2)sc1-c1ncc[nH]1.[C-]#[N+]c1c(-c2ccnnc2)sc(-c2ncc[nH]2)c1Cc1ccc(Cl)cc1.[C-]#[N+]c1c(-c2ccnnc2)sc(-c2ncc[nH]2)c1Cc1ccc2ccccc2c1. The number of halogens is 3. The van der Waals surface area contributed by atoms with E-state index in [0.717, 1.165) is 167 Å². The molecule has 0 aliphatic heterocycles. The number of benzene rings is 6. The van der Waals surface area contributed by atoms with Crippen molar-refractivity contribution in [2.24, 2.45) is 0 Å². The summed E-state index contributed by atoms with van der Waals surface area (Å²) in [6, 6.07) is 66.9. The number of imidazole rings is 5. The first-order valence-electron chi connectivity index (χ1n) is 42.6. The van der Waals surface area contributed by atoms with Crippen LogP contribution in [0.15, 0.2) is 324 Å². The van der Waals surface area contributed by atoms with Crippen LogP contribution < -0.4 is 4.74 Å². The number of Topliss-reactive ketones (excluding diaryl/α,β-unsaturated/α-hetero) is 1. The van der Waals surface area contributed by atoms with Gasteiger partial charge in [-0.05, 0) is 221 Å². The highest BCUT2D eigenvalue weighted by Crippen LogP contribution is 2.51. The number of ketones is 1. The number of aliphatic hydroxyl groups is 2. The van der Waals surface area contributed by atoms with Crippen molar-refractivity contribution >= 4 is 119 Å². The van der Waals surface area contributed by atoms with Gasteiger partial charge in [-0.25, -0.2) is 34.6 Å². The van der Waals surface area contributed by atoms with Crippen LogP contribution in [0.4, 0.5) is 11.4 Å². The molecular formula is C105H81Cl3N20O4S5. The second-order valence-corrected chi connectivity index (χ2v) is 37.6. The van der Waals surface area contributed by atoms with Gasteiger partial charge in [0.1, 0.15) is 52.9 Å². The first-order valence-corrected chi connectivity index (χ1v) is 47.9. The number of rotatable bonds is 24. The second-order valence-electron chi connectivity index (χ2n) is 31.1. The third-order valence-electron chi connectivity index (χ3n) is 21.9. The maximum absolute atomic E-state index is 11.6. The lowest BCUT2D eigenvalue weighted by Crippen LogP contribution is -2.21. The lowest BCUT2D eigenvalue weighted by molar-refractivity contribution is -0.116. The first-order chi connectivity index (χ1) is 67.0. The second kappa shape index (κ2) is 44.4. The summed E-state index contributed by atoms with van der Waals surface area (Å²) in [6.45, 7) is 17.2. The topological polar surface area (TPSA) is 312 Å². The van der Waals surface area contributed by atoms with Crippen LogP contribution in [0.5, 0.6) is 5.75 Å². The van der Waals surface area contributed by atoms with E-state index in [1.165, 1.54) is 16.3 Å². The molecule has 21 aromatic rings. The Morgan fingerprint density at radius 2 is 0.796 bits per heavy atom. The summed E-state index contributed by atoms with van der Waals surface area (Å²) < 4.78 is 5.20. The number of aromatic amines is 5. The van der Waals surface area contributed by atoms with Crippen LogP contribution in [0.1, 0.15) is 86.5 Å². The van der Waals surface area contributed by atoms with Crippen LogP contribution in [0.3, 0.4) is 0 Å². The first kappa shape index (κ1) is 93.7. The molecule has 7 N–H and O–H groups in total. The highest BCUT2D eigenvalue weighted by atomic mass is 35.5. The van der Waals surface area contributed by atoms with Crippen molar-refractivity contribution in [1.82, 2.24) is 90.1 Å². The fraction of sp³-hybridized carbons (Fsp3) is 0.0952. The predicted molar refractivity (Wildman–Crippen MR) is 549 cm³/mol. The molecule has 3 atom stereocenters. The summed E-state index contributed by atoms with van der Waals surface area (Å²) in [7, 11) is 5.76. The molecular weight excluding hydrogens is 1870 g/mol. The minimum absolute atomic E-state index is 0.0286. The number of methoxy groups -OCH3 is 1. The molecule has 0 bridgehead atoms. The molecule has 0 fully saturated rings. The smallest absolute Gasteiger partial charge is 0.209 e. The number of fused-ring (bicyclic) bond motifs is 1. The molecule has 0 saturated carbocycles. The molecule has 32 heteroatoms. The Labute approximate surface area is 823 Å². The molecule has 24 nitrogen and oxygen atoms in total. The van der Waals surface area contributed by atoms with E-state index in [0.29, 0.717) is 45.7 Å². The Morgan fingerprint density at radius 3 is 1.22 bits per heavy atom. The molecule has 137 heavy (non-hydrogen) atoms. The van der Waals surface area contributed by atoms with Gasteiger partial charge in [0, 0.05) is 167 Å². The number of aromatic nitrogens is 17. The quantitative estimate of drug-likeness (QED) is 0.0276. The maximum Gasteiger partial charge on any atom is 0.209 e. The van der Waals surface area contributed by atoms with E-state index in [1.54, 1.807) is 194 Å². The van der Waals surface area contributed by atoms with E-state index >= 15 is 0 Å². The van der Waals surface area contributed by atoms with Gasteiger partial charge < -0.3 is 39.9 Å². The number of hydrogen-bond donors (Lipinski definition) is 7. The summed E-state index contributed by atoms with van der Waals surface area (Å²) in [6.07, 6.45) is 33.2. The lowest BCUT2D eigenvalue weighted by atomic mass is 9.97. The molecule has 0 spiro atoms. The van der Waals surface area contributed by atoms with Gasteiger partial charge in [-0.1, -0.05) is 126 Å². The largest absolute Gasteiger partial charge is 0.497 e. The van der Waals surface area contributed by atoms with Crippen molar-refractivity contribution in [1.29, 1.82) is 0 Å². The molecule has 15 heterocycles. The van der Waals surface area contributed by atoms with Gasteiger partial charge >= 0.3 is 0 Å². The third-order valence-corrected chi connectivity index (χ3v) is 28.8. The number of nitrogens with one attached hydrogen (secondary N) is 5. The number of aliphatic hydroxyl groups excluding tert-OH is 2. The van der Waals surface area contributed by atoms with Gasteiger partial charge in [-0.15, -0.1) is 56.7 Å². The van der Waals surface area contributed by atoms with Gasteiger partial charge in [-0.2, -0.15) is 20.4 Å². The Hall–Kier alpha value is -15.1. The Morgan fingerprint density at radius 1 is 0.401 bits per heavy atom. The highest BCUT2D eigenvalue weighted by molar-refractivity contribution is 7.21. The van der Waals surface area contributed by atoms with Crippen LogP contribution in [0, 0.1) is 13.1 Å². The van der Waals surface area contributed by atoms with Crippen molar-refractivity contribution in [3.63, 3.8) is 0 Å². The average molecular weight is 1950 g/mol. The molecule has 6 aromatic carbocycles. The Bertz CT molecular complexity index is 7630. The van der Waals surface area contributed by atoms with Crippen molar-refractivity contribution in [2.45, 2.75) is 44.4 Å². The molecule has 15 aromatic heterocycles. The molecule has 0 aliphatic carbocycles. The molecule has 676 valence electrons. The lowest BCUT2D eigenvalue weighted by Gasteiger charge is -2.25. The Balaban J connectivity index is 0.000000119. The summed E-state index contributed by atoms with van der Waals surface area (Å²) >= 11 is 26.1. The fourth-order valence-corrected chi connectivity index (χ4v) is 21.7. The molecule has 0 aliphatic rings. The third kappa shape index (κ3) is 22.5. The fourth-order valence-electron chi connectivity index (χ4n) is 15.4. The molecule has 0 saturated heterocycles. The predicted octanol–water partition coefficient (Wildman–Crippen LogP) is 26.1. The zero-order valence-corrected chi connectivity index (χ0v) is 79.9. The number of carbonyl (C=O) groups excluding carboxylic acids is 1. The number of pyridine rings is 3. The van der Waals surface area contributed by atoms with Crippen LogP contribution in [0.2, 0.25) is 15.1 Å². The van der Waals surface area contributed by atoms with E-state index in [1.807, 2.05) is 152 Å². The molecule has 0 amide bonds. The number of nitrogens with zero attached hydrogens (tertiary/aromatic N) is 15. The number of H-pyrrole nitrogens is 5. The average Bonchev–Trinajstić information content (AvgIpc) is 1.68. The number of thiophene rings is 5. The monoisotopic (exact) mass is 1950 g/mol. The molecule has 0 radical (unpaired) electrons. The van der Waals surface area contributed by atoms with E-state index < -0.39 is 12.2 Å². The number of hydrogen-bond acceptors (Lipinski definition) is 22. The van der Waals surface area contributed by atoms with Crippen molar-refractivity contribution < 1.29 is 19.7 Å². The standard InChI is InChI=1S/C24H23ClN4OS.C23H15N5S.C20H17N3O2S.C19H12ClN5S.C19H14ClN3OS/c1-15(30)12-19-13-17(8-9-26-19)21-14-20(23(31-21)24-27-10-11-28-24)22(29(2)3)16-4-6-18(25)7-5-16;1-24-20-19(13-15-6-7-16-4-2-3-5-17(16)12-15)22(23-25-10-11-26-23)29-21(20)18-8-9-27-28-14-18;1-25-15-4-2-14(3-5-15)18(24)16-12-17(13-6-8-21-9-7-13)26-19(16)20-22-10-11-23-20;1-21-16-15(10-12-2-4-14(20)5-3-12)18(19-22-8-9-23-19)26-17(16)13-6-7-24-25-11-13;20-14-3-1-13(2-4-14)17(24)15-11-16(12-5-7-21-8-6-12)25-18(15)19-22-9-10-23-19/h4-11,13-14,22H,12H2,1-3H3,(H,27,28);2-12,14H,13H2,(H,25,26);2-12,18,24H,1H3,(H,22,23);2-9,11H,10H2,(H,22,23);1-11,17,24H,(H,22,23)/t;;;;17-/m....0/s1. The number of ether oxygens (including phenoxy) is 1. The zero-order chi connectivity index (χ0) is 94.7. The van der Waals surface area contributed by atoms with Crippen LogP contribution in [-0.4, -0.2) is 127 Å². The molecule has 2 unspecified atom stereocenters. The van der Waals surface area contributed by atoms with Gasteiger partial charge in [0.15, 0.2) is 0 Å². The molecule has 21 rings (SSSR count). The zero-order valence-electron chi connectivity index (χ0n) is 73.5. The normalized spacial score (nSPS) is 11.6. The summed E-state index contributed by atoms with van der Waals surface area (Å²) in [4.78, 5) is 81.8. The van der Waals surface area contributed by atoms with Crippen molar-refractivity contribution in [3.8, 4) is 111 Å². The summed E-state index contributed by atoms with van der Waals surface area (Å²) in [5.41, 5.74) is 16.7. The summed E-state index contributed by atoms with van der Waals surface area (Å²) in [5, 5.41) is 42.0. The van der Waals surface area contributed by atoms with Crippen molar-refractivity contribution in [3.05, 3.63) is 423 Å². The summed E-state index contributed by atoms with van der Waals surface area (Å²) in [5.74, 6) is 4.73. The van der Waals surface area contributed by atoms with E-state index in [2.05, 4.69) is 162 Å². The van der Waals surface area contributed by atoms with E-state index in [-0.39, 0.29) is 11.8 Å². The highest BCUT2D eigenvalue weighted by Gasteiger charge is 2.30. The maximum atomic E-state index is 11.6. The van der Waals surface area contributed by atoms with Crippen LogP contribution in [0.25, 0.3) is 126 Å². The van der Waals surface area contributed by atoms with Crippen molar-refractivity contribution in [2.75, 3.05) is 21.2 Å². The van der Waals surface area contributed by atoms with Gasteiger partial charge in [-0.3, -0.25) is 24.6 Å². The van der Waals surface area contributed by atoms with E-state index in [4.69, 9.17) is 52.7 Å². The van der Waals surface area contributed by atoms with Gasteiger partial charge in [0.2, 0.25) is 11.4 Å². The van der Waals surface area contributed by atoms with Gasteiger partial charge in [0.25, 0.3) is 0 Å².